The summed E-state index contributed by atoms with van der Waals surface area (Å²) in [5.74, 6) is 0.260. The summed E-state index contributed by atoms with van der Waals surface area (Å²) in [6.45, 7) is 4.38. The van der Waals surface area contributed by atoms with Gasteiger partial charge in [-0.3, -0.25) is 10.1 Å². The zero-order chi connectivity index (χ0) is 13.0. The Hall–Kier alpha value is -1.33. The molecule has 1 aromatic carbocycles. The second-order valence-electron chi connectivity index (χ2n) is 4.12. The Morgan fingerprint density at radius 3 is 2.65 bits per heavy atom. The number of benzene rings is 1. The van der Waals surface area contributed by atoms with Crippen LogP contribution in [-0.4, -0.2) is 17.5 Å². The summed E-state index contributed by atoms with van der Waals surface area (Å²) in [6, 6.07) is 4.54. The van der Waals surface area contributed by atoms with Gasteiger partial charge in [-0.1, -0.05) is 31.5 Å². The number of nitrogens with zero attached hydrogens (tertiary/aromatic N) is 1. The summed E-state index contributed by atoms with van der Waals surface area (Å²) in [4.78, 5) is 10.4. The van der Waals surface area contributed by atoms with Crippen molar-refractivity contribution in [1.29, 1.82) is 0 Å². The van der Waals surface area contributed by atoms with E-state index in [2.05, 4.69) is 5.32 Å². The first-order valence-electron chi connectivity index (χ1n) is 5.36. The first-order chi connectivity index (χ1) is 7.97. The van der Waals surface area contributed by atoms with E-state index in [0.29, 0.717) is 17.3 Å². The molecular formula is C11H16ClN3O2. The number of nitrogens with one attached hydrogen (secondary N) is 1. The predicted octanol–water partition coefficient (Wildman–Crippen LogP) is 2.64. The van der Waals surface area contributed by atoms with Gasteiger partial charge < -0.3 is 11.1 Å². The average Bonchev–Trinajstić information content (AvgIpc) is 2.26. The molecule has 0 saturated heterocycles. The monoisotopic (exact) mass is 257 g/mol. The number of rotatable bonds is 5. The molecule has 0 aliphatic carbocycles. The average molecular weight is 258 g/mol. The van der Waals surface area contributed by atoms with Crippen LogP contribution in [0.2, 0.25) is 5.02 Å². The molecule has 0 fully saturated rings. The van der Waals surface area contributed by atoms with Crippen LogP contribution in [-0.2, 0) is 0 Å². The fourth-order valence-electron chi connectivity index (χ4n) is 1.49. The maximum absolute atomic E-state index is 10.9. The quantitative estimate of drug-likeness (QED) is 0.628. The third-order valence-corrected chi connectivity index (χ3v) is 2.89. The summed E-state index contributed by atoms with van der Waals surface area (Å²) in [5, 5.41) is 14.3. The molecule has 0 aromatic heterocycles. The first-order valence-corrected chi connectivity index (χ1v) is 5.74. The molecule has 0 aliphatic heterocycles. The van der Waals surface area contributed by atoms with Gasteiger partial charge in [0.25, 0.3) is 5.69 Å². The fourth-order valence-corrected chi connectivity index (χ4v) is 1.72. The van der Waals surface area contributed by atoms with Crippen LogP contribution in [0.4, 0.5) is 11.4 Å². The van der Waals surface area contributed by atoms with Crippen molar-refractivity contribution in [1.82, 2.24) is 0 Å². The molecule has 0 saturated carbocycles. The predicted molar refractivity (Wildman–Crippen MR) is 69.4 cm³/mol. The van der Waals surface area contributed by atoms with Crippen LogP contribution in [0.5, 0.6) is 0 Å². The lowest BCUT2D eigenvalue weighted by atomic mass is 10.0. The number of nitro groups is 1. The summed E-state index contributed by atoms with van der Waals surface area (Å²) in [7, 11) is 0. The fraction of sp³-hybridized carbons (Fsp3) is 0.455. The molecule has 1 atom stereocenters. The minimum absolute atomic E-state index is 0.0309. The normalized spacial score (nSPS) is 12.5. The zero-order valence-corrected chi connectivity index (χ0v) is 10.6. The van der Waals surface area contributed by atoms with Gasteiger partial charge in [0, 0.05) is 18.7 Å². The second kappa shape index (κ2) is 5.84. The highest BCUT2D eigenvalue weighted by molar-refractivity contribution is 6.33. The lowest BCUT2D eigenvalue weighted by Gasteiger charge is -2.22. The molecule has 0 bridgehead atoms. The Labute approximate surface area is 105 Å². The first kappa shape index (κ1) is 13.7. The molecule has 1 rings (SSSR count). The van der Waals surface area contributed by atoms with Crippen LogP contribution in [0.1, 0.15) is 13.8 Å². The van der Waals surface area contributed by atoms with Gasteiger partial charge in [0.15, 0.2) is 0 Å². The van der Waals surface area contributed by atoms with E-state index >= 15 is 0 Å². The molecule has 6 heteroatoms. The minimum atomic E-state index is -0.456. The standard InChI is InChI=1S/C11H16ClN3O2/c1-7(2)9(6-13)14-11-8(12)4-3-5-10(11)15(16)17/h3-5,7,9,14H,6,13H2,1-2H3. The highest BCUT2D eigenvalue weighted by Gasteiger charge is 2.20. The van der Waals surface area contributed by atoms with Gasteiger partial charge >= 0.3 is 0 Å². The number of hydrogen-bond donors (Lipinski definition) is 2. The smallest absolute Gasteiger partial charge is 0.293 e. The van der Waals surface area contributed by atoms with Gasteiger partial charge in [0.05, 0.1) is 9.95 Å². The summed E-state index contributed by atoms with van der Waals surface area (Å²) in [6.07, 6.45) is 0. The van der Waals surface area contributed by atoms with E-state index in [9.17, 15) is 10.1 Å². The molecule has 1 aromatic rings. The van der Waals surface area contributed by atoms with Crippen LogP contribution in [0.15, 0.2) is 18.2 Å². The van der Waals surface area contributed by atoms with Crippen LogP contribution in [0.3, 0.4) is 0 Å². The van der Waals surface area contributed by atoms with Gasteiger partial charge in [0.1, 0.15) is 5.69 Å². The third kappa shape index (κ3) is 3.31. The van der Waals surface area contributed by atoms with Crippen molar-refractivity contribution in [2.75, 3.05) is 11.9 Å². The molecule has 0 amide bonds. The van der Waals surface area contributed by atoms with Crippen LogP contribution in [0.25, 0.3) is 0 Å². The van der Waals surface area contributed by atoms with Gasteiger partial charge in [-0.05, 0) is 12.0 Å². The van der Waals surface area contributed by atoms with Crippen molar-refractivity contribution in [2.24, 2.45) is 11.7 Å². The number of nitro benzene ring substituents is 1. The Balaban J connectivity index is 3.07. The molecule has 0 radical (unpaired) electrons. The van der Waals surface area contributed by atoms with Crippen molar-refractivity contribution in [3.8, 4) is 0 Å². The number of nitrogens with two attached hydrogens (primary N) is 1. The third-order valence-electron chi connectivity index (χ3n) is 2.58. The van der Waals surface area contributed by atoms with E-state index in [1.807, 2.05) is 13.8 Å². The molecule has 5 nitrogen and oxygen atoms in total. The summed E-state index contributed by atoms with van der Waals surface area (Å²) >= 11 is 5.97. The molecule has 3 N–H and O–H groups in total. The minimum Gasteiger partial charge on any atom is -0.374 e. The SMILES string of the molecule is CC(C)C(CN)Nc1c(Cl)cccc1[N+](=O)[O-]. The van der Waals surface area contributed by atoms with Crippen LogP contribution in [0, 0.1) is 16.0 Å². The van der Waals surface area contributed by atoms with Crippen molar-refractivity contribution in [2.45, 2.75) is 19.9 Å². The molecular weight excluding hydrogens is 242 g/mol. The lowest BCUT2D eigenvalue weighted by Crippen LogP contribution is -2.34. The number of para-hydroxylation sites is 1. The molecule has 94 valence electrons. The number of anilines is 1. The van der Waals surface area contributed by atoms with E-state index in [4.69, 9.17) is 17.3 Å². The molecule has 0 spiro atoms. The van der Waals surface area contributed by atoms with Gasteiger partial charge in [-0.15, -0.1) is 0 Å². The van der Waals surface area contributed by atoms with Gasteiger partial charge in [0.2, 0.25) is 0 Å². The Morgan fingerprint density at radius 2 is 2.18 bits per heavy atom. The van der Waals surface area contributed by atoms with Crippen molar-refractivity contribution < 1.29 is 4.92 Å². The topological polar surface area (TPSA) is 81.2 Å². The highest BCUT2D eigenvalue weighted by Crippen LogP contribution is 2.32. The highest BCUT2D eigenvalue weighted by atomic mass is 35.5. The van der Waals surface area contributed by atoms with E-state index in [1.54, 1.807) is 12.1 Å². The van der Waals surface area contributed by atoms with Gasteiger partial charge in [-0.2, -0.15) is 0 Å². The molecule has 17 heavy (non-hydrogen) atoms. The summed E-state index contributed by atoms with van der Waals surface area (Å²) < 4.78 is 0. The number of halogens is 1. The van der Waals surface area contributed by atoms with Crippen molar-refractivity contribution in [3.05, 3.63) is 33.3 Å². The largest absolute Gasteiger partial charge is 0.374 e. The van der Waals surface area contributed by atoms with Crippen molar-refractivity contribution >= 4 is 23.0 Å². The van der Waals surface area contributed by atoms with Crippen LogP contribution >= 0.6 is 11.6 Å². The number of hydrogen-bond acceptors (Lipinski definition) is 4. The van der Waals surface area contributed by atoms with Gasteiger partial charge in [-0.25, -0.2) is 0 Å². The molecule has 0 aliphatic rings. The maximum atomic E-state index is 10.9. The van der Waals surface area contributed by atoms with E-state index in [-0.39, 0.29) is 17.6 Å². The Kier molecular flexibility index (Phi) is 4.72. The maximum Gasteiger partial charge on any atom is 0.293 e. The van der Waals surface area contributed by atoms with E-state index < -0.39 is 4.92 Å². The Bertz CT molecular complexity index is 410. The van der Waals surface area contributed by atoms with E-state index in [0.717, 1.165) is 0 Å². The summed E-state index contributed by atoms with van der Waals surface area (Å²) in [5.41, 5.74) is 5.93. The Morgan fingerprint density at radius 1 is 1.53 bits per heavy atom. The molecule has 0 heterocycles. The van der Waals surface area contributed by atoms with Crippen LogP contribution < -0.4 is 11.1 Å². The second-order valence-corrected chi connectivity index (χ2v) is 4.53. The lowest BCUT2D eigenvalue weighted by molar-refractivity contribution is -0.384. The van der Waals surface area contributed by atoms with Crippen molar-refractivity contribution in [3.63, 3.8) is 0 Å². The molecule has 1 unspecified atom stereocenters. The van der Waals surface area contributed by atoms with E-state index in [1.165, 1.54) is 6.07 Å². The zero-order valence-electron chi connectivity index (χ0n) is 9.81.